The standard InChI is InChI=1S/C12H23N.C11H22N2O4/c1-3-7-11(8-4-1)13-12-9-5-2-6-10-12;1-11(2,3)17-10(16)13-8(9(14)15)6-4-5-7-12/h11-13H,1-10H2;8H,4-7,12H2,1-3H3,(H,13,16)(H,14,15). The summed E-state index contributed by atoms with van der Waals surface area (Å²) in [7, 11) is 0. The van der Waals surface area contributed by atoms with E-state index >= 15 is 0 Å². The lowest BCUT2D eigenvalue weighted by atomic mass is 9.91. The lowest BCUT2D eigenvalue weighted by Crippen LogP contribution is -2.43. The van der Waals surface area contributed by atoms with Gasteiger partial charge >= 0.3 is 12.1 Å². The van der Waals surface area contributed by atoms with Gasteiger partial charge in [0.05, 0.1) is 0 Å². The molecule has 2 aliphatic carbocycles. The van der Waals surface area contributed by atoms with Crippen LogP contribution in [0.1, 0.15) is 104 Å². The van der Waals surface area contributed by atoms with Gasteiger partial charge in [0.25, 0.3) is 0 Å². The van der Waals surface area contributed by atoms with Gasteiger partial charge in [-0.1, -0.05) is 38.5 Å². The molecule has 0 bridgehead atoms. The van der Waals surface area contributed by atoms with Crippen LogP contribution in [0.4, 0.5) is 4.79 Å². The molecule has 0 aromatic rings. The third kappa shape index (κ3) is 13.1. The Morgan fingerprint density at radius 1 is 0.967 bits per heavy atom. The Morgan fingerprint density at radius 2 is 1.47 bits per heavy atom. The Morgan fingerprint density at radius 3 is 1.87 bits per heavy atom. The predicted octanol–water partition coefficient (Wildman–Crippen LogP) is 4.33. The second-order valence-corrected chi connectivity index (χ2v) is 9.66. The Balaban J connectivity index is 0.000000308. The summed E-state index contributed by atoms with van der Waals surface area (Å²) >= 11 is 0. The van der Waals surface area contributed by atoms with Crippen LogP contribution in [0.3, 0.4) is 0 Å². The second-order valence-electron chi connectivity index (χ2n) is 9.66. The number of nitrogens with two attached hydrogens (primary N) is 1. The molecule has 0 spiro atoms. The summed E-state index contributed by atoms with van der Waals surface area (Å²) in [5.74, 6) is -1.06. The molecule has 2 rings (SSSR count). The van der Waals surface area contributed by atoms with Crippen LogP contribution in [0.5, 0.6) is 0 Å². The van der Waals surface area contributed by atoms with Crippen LogP contribution in [0.25, 0.3) is 0 Å². The minimum atomic E-state index is -1.06. The minimum Gasteiger partial charge on any atom is -0.480 e. The third-order valence-electron chi connectivity index (χ3n) is 5.62. The zero-order valence-corrected chi connectivity index (χ0v) is 19.4. The molecule has 176 valence electrons. The second kappa shape index (κ2) is 14.6. The molecule has 1 amide bonds. The molecule has 2 fully saturated rings. The summed E-state index contributed by atoms with van der Waals surface area (Å²) in [4.78, 5) is 22.3. The molecule has 0 aromatic heterocycles. The van der Waals surface area contributed by atoms with Crippen molar-refractivity contribution < 1.29 is 19.4 Å². The fourth-order valence-electron chi connectivity index (χ4n) is 4.07. The number of aliphatic carboxylic acids is 1. The van der Waals surface area contributed by atoms with E-state index in [2.05, 4.69) is 10.6 Å². The van der Waals surface area contributed by atoms with E-state index in [1.165, 1.54) is 64.2 Å². The van der Waals surface area contributed by atoms with Crippen molar-refractivity contribution in [2.24, 2.45) is 5.73 Å². The number of carboxylic acids is 1. The van der Waals surface area contributed by atoms with Gasteiger partial charge in [-0.05, 0) is 72.3 Å². The fourth-order valence-corrected chi connectivity index (χ4v) is 4.07. The van der Waals surface area contributed by atoms with Crippen LogP contribution in [-0.2, 0) is 9.53 Å². The van der Waals surface area contributed by atoms with E-state index in [4.69, 9.17) is 15.6 Å². The first-order valence-electron chi connectivity index (χ1n) is 11.9. The molecule has 0 saturated heterocycles. The van der Waals surface area contributed by atoms with Gasteiger partial charge in [0.2, 0.25) is 0 Å². The highest BCUT2D eigenvalue weighted by molar-refractivity contribution is 5.79. The number of alkyl carbamates (subject to hydrolysis) is 1. The maximum Gasteiger partial charge on any atom is 0.408 e. The van der Waals surface area contributed by atoms with Gasteiger partial charge in [0.15, 0.2) is 0 Å². The van der Waals surface area contributed by atoms with Crippen LogP contribution in [0.2, 0.25) is 0 Å². The van der Waals surface area contributed by atoms with Crippen LogP contribution >= 0.6 is 0 Å². The van der Waals surface area contributed by atoms with Crippen molar-refractivity contribution in [1.82, 2.24) is 10.6 Å². The molecule has 0 aliphatic heterocycles. The Kier molecular flexibility index (Phi) is 13.0. The van der Waals surface area contributed by atoms with E-state index in [1.54, 1.807) is 20.8 Å². The highest BCUT2D eigenvalue weighted by Gasteiger charge is 2.23. The van der Waals surface area contributed by atoms with Crippen LogP contribution in [-0.4, -0.2) is 47.4 Å². The molecule has 7 heteroatoms. The number of carboxylic acid groups (broad SMARTS) is 1. The maximum absolute atomic E-state index is 11.4. The summed E-state index contributed by atoms with van der Waals surface area (Å²) < 4.78 is 4.99. The van der Waals surface area contributed by atoms with Crippen molar-refractivity contribution in [3.63, 3.8) is 0 Å². The van der Waals surface area contributed by atoms with Crippen LogP contribution < -0.4 is 16.4 Å². The van der Waals surface area contributed by atoms with Crippen molar-refractivity contribution in [3.05, 3.63) is 0 Å². The average molecular weight is 428 g/mol. The highest BCUT2D eigenvalue weighted by Crippen LogP contribution is 2.22. The molecule has 0 heterocycles. The molecular weight excluding hydrogens is 382 g/mol. The SMILES string of the molecule is C1CCC(NC2CCCCC2)CC1.CC(C)(C)OC(=O)NC(CCCCN)C(=O)O. The van der Waals surface area contributed by atoms with Gasteiger partial charge < -0.3 is 26.2 Å². The Bertz CT molecular complexity index is 465. The Labute approximate surface area is 182 Å². The van der Waals surface area contributed by atoms with E-state index in [0.717, 1.165) is 18.5 Å². The molecule has 0 aromatic carbocycles. The zero-order chi connectivity index (χ0) is 22.4. The molecule has 7 nitrogen and oxygen atoms in total. The summed E-state index contributed by atoms with van der Waals surface area (Å²) in [5, 5.41) is 15.1. The smallest absolute Gasteiger partial charge is 0.408 e. The lowest BCUT2D eigenvalue weighted by molar-refractivity contribution is -0.139. The van der Waals surface area contributed by atoms with Crippen molar-refractivity contribution in [2.45, 2.75) is 128 Å². The number of unbranched alkanes of at least 4 members (excludes halogenated alkanes) is 1. The van der Waals surface area contributed by atoms with E-state index in [-0.39, 0.29) is 0 Å². The van der Waals surface area contributed by atoms with E-state index in [9.17, 15) is 9.59 Å². The monoisotopic (exact) mass is 427 g/mol. The highest BCUT2D eigenvalue weighted by atomic mass is 16.6. The van der Waals surface area contributed by atoms with E-state index in [1.807, 2.05) is 0 Å². The number of ether oxygens (including phenoxy) is 1. The number of nitrogens with one attached hydrogen (secondary N) is 2. The fraction of sp³-hybridized carbons (Fsp3) is 0.913. The molecule has 2 aliphatic rings. The number of carbonyl (C=O) groups is 2. The Hall–Kier alpha value is -1.34. The summed E-state index contributed by atoms with van der Waals surface area (Å²) in [6, 6.07) is 0.824. The number of carbonyl (C=O) groups excluding carboxylic acids is 1. The number of hydrogen-bond acceptors (Lipinski definition) is 5. The van der Waals surface area contributed by atoms with Gasteiger partial charge in [-0.2, -0.15) is 0 Å². The molecule has 5 N–H and O–H groups in total. The van der Waals surface area contributed by atoms with Gasteiger partial charge in [-0.15, -0.1) is 0 Å². The molecular formula is C23H45N3O4. The molecule has 1 unspecified atom stereocenters. The van der Waals surface area contributed by atoms with Crippen LogP contribution in [0, 0.1) is 0 Å². The van der Waals surface area contributed by atoms with Crippen LogP contribution in [0.15, 0.2) is 0 Å². The lowest BCUT2D eigenvalue weighted by Gasteiger charge is -2.30. The first-order valence-corrected chi connectivity index (χ1v) is 11.9. The van der Waals surface area contributed by atoms with Gasteiger partial charge in [0.1, 0.15) is 11.6 Å². The molecule has 2 saturated carbocycles. The first-order chi connectivity index (χ1) is 14.2. The zero-order valence-electron chi connectivity index (χ0n) is 19.4. The molecule has 30 heavy (non-hydrogen) atoms. The van der Waals surface area contributed by atoms with E-state index < -0.39 is 23.7 Å². The largest absolute Gasteiger partial charge is 0.480 e. The quantitative estimate of drug-likeness (QED) is 0.429. The molecule has 0 radical (unpaired) electrons. The van der Waals surface area contributed by atoms with Crippen molar-refractivity contribution >= 4 is 12.1 Å². The summed E-state index contributed by atoms with van der Waals surface area (Å²) in [5.41, 5.74) is 4.68. The van der Waals surface area contributed by atoms with Crippen molar-refractivity contribution in [2.75, 3.05) is 6.54 Å². The predicted molar refractivity (Wildman–Crippen MR) is 121 cm³/mol. The number of amides is 1. The van der Waals surface area contributed by atoms with E-state index in [0.29, 0.717) is 19.4 Å². The third-order valence-corrected chi connectivity index (χ3v) is 5.62. The first kappa shape index (κ1) is 26.7. The topological polar surface area (TPSA) is 114 Å². The summed E-state index contributed by atoms with van der Waals surface area (Å²) in [6.45, 7) is 5.67. The van der Waals surface area contributed by atoms with Crippen molar-refractivity contribution in [3.8, 4) is 0 Å². The average Bonchev–Trinajstić information content (AvgIpc) is 2.68. The molecule has 1 atom stereocenters. The van der Waals surface area contributed by atoms with Gasteiger partial charge in [-0.3, -0.25) is 0 Å². The minimum absolute atomic E-state index is 0.353. The van der Waals surface area contributed by atoms with Gasteiger partial charge in [0, 0.05) is 12.1 Å². The number of rotatable bonds is 8. The number of hydrogen-bond donors (Lipinski definition) is 4. The van der Waals surface area contributed by atoms with Gasteiger partial charge in [-0.25, -0.2) is 9.59 Å². The summed E-state index contributed by atoms with van der Waals surface area (Å²) in [6.07, 6.45) is 15.6. The normalized spacial score (nSPS) is 19.3. The maximum atomic E-state index is 11.4. The van der Waals surface area contributed by atoms with Crippen molar-refractivity contribution in [1.29, 1.82) is 0 Å².